The number of H-pyrrole nitrogens is 1. The van der Waals surface area contributed by atoms with Crippen LogP contribution in [0.2, 0.25) is 0 Å². The number of nitrogens with one attached hydrogen (secondary N) is 2. The van der Waals surface area contributed by atoms with Gasteiger partial charge in [0.1, 0.15) is 11.4 Å². The van der Waals surface area contributed by atoms with Crippen molar-refractivity contribution >= 4 is 16.8 Å². The molecule has 1 unspecified atom stereocenters. The molecule has 0 saturated carbocycles. The molecule has 5 nitrogen and oxygen atoms in total. The second kappa shape index (κ2) is 7.22. The number of amides is 1. The zero-order chi connectivity index (χ0) is 17.9. The second-order valence-electron chi connectivity index (χ2n) is 6.82. The molecule has 1 aliphatic heterocycles. The Labute approximate surface area is 153 Å². The van der Waals surface area contributed by atoms with Gasteiger partial charge < -0.3 is 15.0 Å². The third-order valence-corrected chi connectivity index (χ3v) is 4.93. The van der Waals surface area contributed by atoms with Crippen molar-refractivity contribution < 1.29 is 9.53 Å². The summed E-state index contributed by atoms with van der Waals surface area (Å²) in [6.07, 6.45) is 0.979. The molecule has 1 fully saturated rings. The Morgan fingerprint density at radius 1 is 1.23 bits per heavy atom. The van der Waals surface area contributed by atoms with E-state index in [0.717, 1.165) is 42.7 Å². The van der Waals surface area contributed by atoms with Crippen molar-refractivity contribution in [1.82, 2.24) is 15.2 Å². The van der Waals surface area contributed by atoms with E-state index in [2.05, 4.69) is 39.5 Å². The molecule has 0 bridgehead atoms. The van der Waals surface area contributed by atoms with Crippen LogP contribution >= 0.6 is 0 Å². The van der Waals surface area contributed by atoms with E-state index in [4.69, 9.17) is 4.74 Å². The third kappa shape index (κ3) is 3.58. The summed E-state index contributed by atoms with van der Waals surface area (Å²) in [5.41, 5.74) is 2.81. The number of methoxy groups -OCH3 is 1. The van der Waals surface area contributed by atoms with Crippen molar-refractivity contribution in [1.29, 1.82) is 0 Å². The summed E-state index contributed by atoms with van der Waals surface area (Å²) in [7, 11) is 1.64. The highest BCUT2D eigenvalue weighted by atomic mass is 16.5. The highest BCUT2D eigenvalue weighted by Gasteiger charge is 2.24. The monoisotopic (exact) mass is 349 g/mol. The van der Waals surface area contributed by atoms with Gasteiger partial charge in [-0.3, -0.25) is 9.69 Å². The Balaban J connectivity index is 1.38. The number of carbonyl (C=O) groups excluding carboxylic acids is 1. The zero-order valence-electron chi connectivity index (χ0n) is 14.9. The number of likely N-dealkylation sites (tertiary alicyclic amines) is 1. The summed E-state index contributed by atoms with van der Waals surface area (Å²) in [5, 5.41) is 4.16. The van der Waals surface area contributed by atoms with E-state index in [-0.39, 0.29) is 11.9 Å². The Morgan fingerprint density at radius 3 is 2.88 bits per heavy atom. The lowest BCUT2D eigenvalue weighted by atomic mass is 10.2. The molecule has 1 aliphatic rings. The number of hydrogen-bond donors (Lipinski definition) is 2. The lowest BCUT2D eigenvalue weighted by molar-refractivity contribution is 0.0933. The fourth-order valence-electron chi connectivity index (χ4n) is 3.55. The minimum atomic E-state index is -0.0493. The van der Waals surface area contributed by atoms with E-state index >= 15 is 0 Å². The molecule has 5 heteroatoms. The molecule has 134 valence electrons. The molecule has 1 amide bonds. The normalized spacial score (nSPS) is 17.5. The first kappa shape index (κ1) is 16.7. The summed E-state index contributed by atoms with van der Waals surface area (Å²) in [6, 6.07) is 18.3. The highest BCUT2D eigenvalue weighted by Crippen LogP contribution is 2.21. The van der Waals surface area contributed by atoms with E-state index in [1.807, 2.05) is 30.3 Å². The first-order valence-corrected chi connectivity index (χ1v) is 8.95. The number of nitrogens with zero attached hydrogens (tertiary/aromatic N) is 1. The molecular formula is C21H23N3O2. The minimum absolute atomic E-state index is 0.0493. The Hall–Kier alpha value is -2.79. The Bertz CT molecular complexity index is 904. The van der Waals surface area contributed by atoms with E-state index in [9.17, 15) is 4.79 Å². The molecular weight excluding hydrogens is 326 g/mol. The van der Waals surface area contributed by atoms with Gasteiger partial charge in [0.25, 0.3) is 5.91 Å². The smallest absolute Gasteiger partial charge is 0.267 e. The molecule has 0 radical (unpaired) electrons. The van der Waals surface area contributed by atoms with Gasteiger partial charge in [-0.2, -0.15) is 0 Å². The summed E-state index contributed by atoms with van der Waals surface area (Å²) in [4.78, 5) is 18.2. The van der Waals surface area contributed by atoms with Gasteiger partial charge >= 0.3 is 0 Å². The first-order valence-electron chi connectivity index (χ1n) is 8.95. The SMILES string of the molecule is COc1ccc2cc(C(=O)NC3CCN(Cc4ccccc4)C3)[nH]c2c1. The van der Waals surface area contributed by atoms with Gasteiger partial charge in [-0.25, -0.2) is 0 Å². The molecule has 1 aromatic heterocycles. The van der Waals surface area contributed by atoms with Crippen molar-refractivity contribution in [2.45, 2.75) is 19.0 Å². The average Bonchev–Trinajstić information content (AvgIpc) is 3.28. The largest absolute Gasteiger partial charge is 0.497 e. The maximum absolute atomic E-state index is 12.6. The van der Waals surface area contributed by atoms with Crippen LogP contribution in [-0.4, -0.2) is 42.0 Å². The number of carbonyl (C=O) groups is 1. The molecule has 2 N–H and O–H groups in total. The molecule has 26 heavy (non-hydrogen) atoms. The molecule has 1 saturated heterocycles. The van der Waals surface area contributed by atoms with Crippen LogP contribution in [0.1, 0.15) is 22.5 Å². The van der Waals surface area contributed by atoms with Crippen molar-refractivity contribution in [2.75, 3.05) is 20.2 Å². The summed E-state index contributed by atoms with van der Waals surface area (Å²) >= 11 is 0. The van der Waals surface area contributed by atoms with Gasteiger partial charge in [0, 0.05) is 42.6 Å². The van der Waals surface area contributed by atoms with Crippen LogP contribution in [0.25, 0.3) is 10.9 Å². The number of ether oxygens (including phenoxy) is 1. The Kier molecular flexibility index (Phi) is 4.63. The van der Waals surface area contributed by atoms with E-state index in [1.54, 1.807) is 7.11 Å². The topological polar surface area (TPSA) is 57.4 Å². The average molecular weight is 349 g/mol. The van der Waals surface area contributed by atoms with Gasteiger partial charge in [0.15, 0.2) is 0 Å². The maximum atomic E-state index is 12.6. The van der Waals surface area contributed by atoms with Crippen LogP contribution in [0.15, 0.2) is 54.6 Å². The lowest BCUT2D eigenvalue weighted by Gasteiger charge is -2.16. The second-order valence-corrected chi connectivity index (χ2v) is 6.82. The molecule has 0 aliphatic carbocycles. The van der Waals surface area contributed by atoms with E-state index in [1.165, 1.54) is 5.56 Å². The van der Waals surface area contributed by atoms with Crippen LogP contribution < -0.4 is 10.1 Å². The molecule has 0 spiro atoms. The van der Waals surface area contributed by atoms with Gasteiger partial charge in [-0.05, 0) is 30.2 Å². The fourth-order valence-corrected chi connectivity index (χ4v) is 3.55. The van der Waals surface area contributed by atoms with Crippen LogP contribution in [0.3, 0.4) is 0 Å². The summed E-state index contributed by atoms with van der Waals surface area (Å²) in [5.74, 6) is 0.727. The van der Waals surface area contributed by atoms with Crippen molar-refractivity contribution in [3.8, 4) is 5.75 Å². The first-order chi connectivity index (χ1) is 12.7. The maximum Gasteiger partial charge on any atom is 0.267 e. The molecule has 1 atom stereocenters. The van der Waals surface area contributed by atoms with Crippen LogP contribution in [-0.2, 0) is 6.54 Å². The van der Waals surface area contributed by atoms with Crippen molar-refractivity contribution in [2.24, 2.45) is 0 Å². The number of benzene rings is 2. The van der Waals surface area contributed by atoms with Crippen LogP contribution in [0, 0.1) is 0 Å². The standard InChI is InChI=1S/C21H23N3O2/c1-26-18-8-7-16-11-20(23-19(16)12-18)21(25)22-17-9-10-24(14-17)13-15-5-3-2-4-6-15/h2-8,11-12,17,23H,9-10,13-14H2,1H3,(H,22,25). The number of fused-ring (bicyclic) bond motifs is 1. The molecule has 4 rings (SSSR count). The van der Waals surface area contributed by atoms with E-state index in [0.29, 0.717) is 5.69 Å². The van der Waals surface area contributed by atoms with Crippen LogP contribution in [0.5, 0.6) is 5.75 Å². The van der Waals surface area contributed by atoms with Gasteiger partial charge in [-0.15, -0.1) is 0 Å². The minimum Gasteiger partial charge on any atom is -0.497 e. The lowest BCUT2D eigenvalue weighted by Crippen LogP contribution is -2.37. The number of hydrogen-bond acceptors (Lipinski definition) is 3. The number of rotatable bonds is 5. The van der Waals surface area contributed by atoms with Gasteiger partial charge in [0.05, 0.1) is 7.11 Å². The quantitative estimate of drug-likeness (QED) is 0.744. The van der Waals surface area contributed by atoms with Gasteiger partial charge in [0.2, 0.25) is 0 Å². The molecule has 2 aromatic carbocycles. The number of aromatic amines is 1. The molecule has 3 aromatic rings. The zero-order valence-corrected chi connectivity index (χ0v) is 14.9. The van der Waals surface area contributed by atoms with Gasteiger partial charge in [-0.1, -0.05) is 30.3 Å². The summed E-state index contributed by atoms with van der Waals surface area (Å²) < 4.78 is 5.23. The van der Waals surface area contributed by atoms with E-state index < -0.39 is 0 Å². The predicted molar refractivity (Wildman–Crippen MR) is 102 cm³/mol. The Morgan fingerprint density at radius 2 is 2.08 bits per heavy atom. The summed E-state index contributed by atoms with van der Waals surface area (Å²) in [6.45, 7) is 2.82. The molecule has 2 heterocycles. The van der Waals surface area contributed by atoms with Crippen LogP contribution in [0.4, 0.5) is 0 Å². The van der Waals surface area contributed by atoms with Crippen molar-refractivity contribution in [3.63, 3.8) is 0 Å². The predicted octanol–water partition coefficient (Wildman–Crippen LogP) is 3.18. The van der Waals surface area contributed by atoms with Crippen molar-refractivity contribution in [3.05, 3.63) is 65.9 Å². The fraction of sp³-hybridized carbons (Fsp3) is 0.286. The highest BCUT2D eigenvalue weighted by molar-refractivity contribution is 5.98. The number of aromatic nitrogens is 1. The third-order valence-electron chi connectivity index (χ3n) is 4.93.